The van der Waals surface area contributed by atoms with Crippen LogP contribution >= 0.6 is 0 Å². The molecule has 0 radical (unpaired) electrons. The quantitative estimate of drug-likeness (QED) is 0.760. The number of aliphatic hydroxyl groups is 1. The average Bonchev–Trinajstić information content (AvgIpc) is 2.35. The molecule has 1 aliphatic heterocycles. The molecule has 0 unspecified atom stereocenters. The third-order valence-corrected chi connectivity index (χ3v) is 2.98. The SMILES string of the molecule is COC(=O)[C@@H]1C[C@H](CO)CN(C(=O)OC(C)(C)C)C1. The van der Waals surface area contributed by atoms with Crippen LogP contribution in [-0.4, -0.2) is 54.5 Å². The molecule has 1 N–H and O–H groups in total. The van der Waals surface area contributed by atoms with Gasteiger partial charge in [-0.3, -0.25) is 4.79 Å². The van der Waals surface area contributed by atoms with Crippen LogP contribution in [0.4, 0.5) is 4.79 Å². The fourth-order valence-corrected chi connectivity index (χ4v) is 2.15. The van der Waals surface area contributed by atoms with Crippen LogP contribution in [0.1, 0.15) is 27.2 Å². The molecule has 0 bridgehead atoms. The van der Waals surface area contributed by atoms with Gasteiger partial charge in [0.25, 0.3) is 0 Å². The van der Waals surface area contributed by atoms with Gasteiger partial charge in [0, 0.05) is 25.6 Å². The largest absolute Gasteiger partial charge is 0.469 e. The fraction of sp³-hybridized carbons (Fsp3) is 0.846. The second-order valence-corrected chi connectivity index (χ2v) is 5.89. The molecular formula is C13H23NO5. The number of aliphatic hydroxyl groups excluding tert-OH is 1. The highest BCUT2D eigenvalue weighted by Crippen LogP contribution is 2.24. The number of esters is 1. The summed E-state index contributed by atoms with van der Waals surface area (Å²) in [6.45, 7) is 5.98. The zero-order valence-corrected chi connectivity index (χ0v) is 12.0. The van der Waals surface area contributed by atoms with Gasteiger partial charge in [0.05, 0.1) is 13.0 Å². The van der Waals surface area contributed by atoms with Gasteiger partial charge in [-0.15, -0.1) is 0 Å². The van der Waals surface area contributed by atoms with Crippen LogP contribution in [0.15, 0.2) is 0 Å². The van der Waals surface area contributed by atoms with Crippen LogP contribution in [0, 0.1) is 11.8 Å². The van der Waals surface area contributed by atoms with E-state index in [1.165, 1.54) is 12.0 Å². The molecule has 1 fully saturated rings. The first-order valence-corrected chi connectivity index (χ1v) is 6.43. The van der Waals surface area contributed by atoms with Crippen molar-refractivity contribution in [3.63, 3.8) is 0 Å². The predicted octanol–water partition coefficient (Wildman–Crippen LogP) is 1.02. The average molecular weight is 273 g/mol. The van der Waals surface area contributed by atoms with Gasteiger partial charge in [-0.05, 0) is 27.2 Å². The Hall–Kier alpha value is -1.30. The summed E-state index contributed by atoms with van der Waals surface area (Å²) >= 11 is 0. The van der Waals surface area contributed by atoms with Crippen LogP contribution in [0.3, 0.4) is 0 Å². The fourth-order valence-electron chi connectivity index (χ4n) is 2.15. The molecule has 0 aliphatic carbocycles. The van der Waals surface area contributed by atoms with Crippen molar-refractivity contribution in [2.45, 2.75) is 32.8 Å². The monoisotopic (exact) mass is 273 g/mol. The minimum absolute atomic E-state index is 0.0627. The number of ether oxygens (including phenoxy) is 2. The molecular weight excluding hydrogens is 250 g/mol. The van der Waals surface area contributed by atoms with Gasteiger partial charge in [0.15, 0.2) is 0 Å². The molecule has 2 atom stereocenters. The molecule has 1 saturated heterocycles. The Balaban J connectivity index is 2.71. The van der Waals surface area contributed by atoms with Crippen molar-refractivity contribution < 1.29 is 24.2 Å². The highest BCUT2D eigenvalue weighted by atomic mass is 16.6. The standard InChI is InChI=1S/C13H23NO5/c1-13(2,3)19-12(17)14-6-9(8-15)5-10(7-14)11(16)18-4/h9-10,15H,5-8H2,1-4H3/t9-,10+/m0/s1. The number of carbonyl (C=O) groups is 2. The number of methoxy groups -OCH3 is 1. The zero-order valence-electron chi connectivity index (χ0n) is 12.0. The zero-order chi connectivity index (χ0) is 14.6. The number of rotatable bonds is 2. The minimum atomic E-state index is -0.579. The van der Waals surface area contributed by atoms with Crippen LogP contribution in [0.5, 0.6) is 0 Å². The van der Waals surface area contributed by atoms with Gasteiger partial charge in [-0.2, -0.15) is 0 Å². The first kappa shape index (κ1) is 15.8. The van der Waals surface area contributed by atoms with E-state index in [2.05, 4.69) is 0 Å². The number of hydrogen-bond donors (Lipinski definition) is 1. The van der Waals surface area contributed by atoms with Gasteiger partial charge < -0.3 is 19.5 Å². The van der Waals surface area contributed by atoms with E-state index in [0.717, 1.165) is 0 Å². The van der Waals surface area contributed by atoms with Crippen molar-refractivity contribution in [1.82, 2.24) is 4.90 Å². The summed E-state index contributed by atoms with van der Waals surface area (Å²) in [5, 5.41) is 9.26. The van der Waals surface area contributed by atoms with Crippen molar-refractivity contribution in [2.24, 2.45) is 11.8 Å². The van der Waals surface area contributed by atoms with Gasteiger partial charge >= 0.3 is 12.1 Å². The lowest BCUT2D eigenvalue weighted by Gasteiger charge is -2.36. The molecule has 6 heteroatoms. The van der Waals surface area contributed by atoms with Crippen LogP contribution in [0.2, 0.25) is 0 Å². The molecule has 0 aromatic heterocycles. The molecule has 1 rings (SSSR count). The van der Waals surface area contributed by atoms with Crippen LogP contribution < -0.4 is 0 Å². The van der Waals surface area contributed by atoms with Gasteiger partial charge in [-0.1, -0.05) is 0 Å². The molecule has 1 heterocycles. The molecule has 0 spiro atoms. The van der Waals surface area contributed by atoms with Crippen molar-refractivity contribution in [3.05, 3.63) is 0 Å². The Morgan fingerprint density at radius 2 is 1.95 bits per heavy atom. The summed E-state index contributed by atoms with van der Waals surface area (Å²) in [6, 6.07) is 0. The number of carbonyl (C=O) groups excluding carboxylic acids is 2. The maximum Gasteiger partial charge on any atom is 0.410 e. The highest BCUT2D eigenvalue weighted by Gasteiger charge is 2.35. The van der Waals surface area contributed by atoms with E-state index in [9.17, 15) is 14.7 Å². The Morgan fingerprint density at radius 1 is 1.32 bits per heavy atom. The highest BCUT2D eigenvalue weighted by molar-refractivity contribution is 5.75. The lowest BCUT2D eigenvalue weighted by Crippen LogP contribution is -2.48. The van der Waals surface area contributed by atoms with Gasteiger partial charge in [-0.25, -0.2) is 4.79 Å². The lowest BCUT2D eigenvalue weighted by atomic mass is 9.90. The summed E-state index contributed by atoms with van der Waals surface area (Å²) in [6.07, 6.45) is 0.0715. The van der Waals surface area contributed by atoms with E-state index in [1.54, 1.807) is 20.8 Å². The lowest BCUT2D eigenvalue weighted by molar-refractivity contribution is -0.148. The minimum Gasteiger partial charge on any atom is -0.469 e. The first-order valence-electron chi connectivity index (χ1n) is 6.43. The molecule has 1 amide bonds. The molecule has 6 nitrogen and oxygen atoms in total. The van der Waals surface area contributed by atoms with Crippen LogP contribution in [-0.2, 0) is 14.3 Å². The smallest absolute Gasteiger partial charge is 0.410 e. The van der Waals surface area contributed by atoms with E-state index in [4.69, 9.17) is 9.47 Å². The van der Waals surface area contributed by atoms with Crippen LogP contribution in [0.25, 0.3) is 0 Å². The number of amides is 1. The summed E-state index contributed by atoms with van der Waals surface area (Å²) in [5.74, 6) is -0.875. The Kier molecular flexibility index (Phi) is 5.17. The van der Waals surface area contributed by atoms with Gasteiger partial charge in [0.1, 0.15) is 5.60 Å². The van der Waals surface area contributed by atoms with Gasteiger partial charge in [0.2, 0.25) is 0 Å². The Labute approximate surface area is 113 Å². The molecule has 0 aromatic rings. The number of nitrogens with zero attached hydrogens (tertiary/aromatic N) is 1. The molecule has 19 heavy (non-hydrogen) atoms. The second-order valence-electron chi connectivity index (χ2n) is 5.89. The Bertz CT molecular complexity index is 336. The Morgan fingerprint density at radius 3 is 2.42 bits per heavy atom. The predicted molar refractivity (Wildman–Crippen MR) is 68.5 cm³/mol. The summed E-state index contributed by atoms with van der Waals surface area (Å²) in [4.78, 5) is 25.1. The van der Waals surface area contributed by atoms with E-state index in [-0.39, 0.29) is 25.0 Å². The topological polar surface area (TPSA) is 76.1 Å². The molecule has 0 saturated carbocycles. The summed E-state index contributed by atoms with van der Waals surface area (Å²) in [5.41, 5.74) is -0.579. The first-order chi connectivity index (χ1) is 8.76. The van der Waals surface area contributed by atoms with E-state index in [1.807, 2.05) is 0 Å². The van der Waals surface area contributed by atoms with E-state index in [0.29, 0.717) is 13.0 Å². The van der Waals surface area contributed by atoms with Crippen molar-refractivity contribution in [2.75, 3.05) is 26.8 Å². The number of hydrogen-bond acceptors (Lipinski definition) is 5. The number of piperidine rings is 1. The molecule has 1 aliphatic rings. The molecule has 110 valence electrons. The maximum absolute atomic E-state index is 12.0. The third-order valence-electron chi connectivity index (χ3n) is 2.98. The van der Waals surface area contributed by atoms with Crippen molar-refractivity contribution >= 4 is 12.1 Å². The normalized spacial score (nSPS) is 23.9. The molecule has 0 aromatic carbocycles. The second kappa shape index (κ2) is 6.23. The van der Waals surface area contributed by atoms with Crippen molar-refractivity contribution in [1.29, 1.82) is 0 Å². The van der Waals surface area contributed by atoms with E-state index < -0.39 is 17.6 Å². The van der Waals surface area contributed by atoms with Crippen molar-refractivity contribution in [3.8, 4) is 0 Å². The summed E-state index contributed by atoms with van der Waals surface area (Å²) in [7, 11) is 1.32. The number of likely N-dealkylation sites (tertiary alicyclic amines) is 1. The third kappa shape index (κ3) is 4.70. The van der Waals surface area contributed by atoms with E-state index >= 15 is 0 Å². The maximum atomic E-state index is 12.0. The summed E-state index contributed by atoms with van der Waals surface area (Å²) < 4.78 is 10.00.